The van der Waals surface area contributed by atoms with E-state index in [2.05, 4.69) is 15.4 Å². The molecule has 9 heteroatoms. The number of nitrogens with zero attached hydrogens (tertiary/aromatic N) is 4. The summed E-state index contributed by atoms with van der Waals surface area (Å²) >= 11 is 5.94. The van der Waals surface area contributed by atoms with Crippen molar-refractivity contribution in [1.29, 1.82) is 0 Å². The molecule has 0 saturated heterocycles. The van der Waals surface area contributed by atoms with Gasteiger partial charge in [-0.05, 0) is 18.2 Å². The number of halogens is 4. The number of anilines is 1. The summed E-state index contributed by atoms with van der Waals surface area (Å²) in [5.41, 5.74) is 2.20. The second-order valence-corrected chi connectivity index (χ2v) is 5.55. The van der Waals surface area contributed by atoms with Gasteiger partial charge in [-0.1, -0.05) is 11.6 Å². The third kappa shape index (κ3) is 3.58. The number of alkyl halides is 3. The van der Waals surface area contributed by atoms with E-state index in [9.17, 15) is 13.2 Å². The number of hydrogen-bond acceptors (Lipinski definition) is 3. The Labute approximate surface area is 134 Å². The molecule has 0 radical (unpaired) electrons. The summed E-state index contributed by atoms with van der Waals surface area (Å²) < 4.78 is 39.6. The highest BCUT2D eigenvalue weighted by Crippen LogP contribution is 2.21. The van der Waals surface area contributed by atoms with E-state index in [1.807, 2.05) is 17.7 Å². The minimum absolute atomic E-state index is 0.362. The van der Waals surface area contributed by atoms with Crippen molar-refractivity contribution in [3.63, 3.8) is 0 Å². The Hall–Kier alpha value is -2.22. The lowest BCUT2D eigenvalue weighted by Crippen LogP contribution is -2.17. The summed E-state index contributed by atoms with van der Waals surface area (Å²) in [6.45, 7) is -0.750. The zero-order valence-electron chi connectivity index (χ0n) is 12.1. The second-order valence-electron chi connectivity index (χ2n) is 5.12. The molecule has 3 aromatic rings. The molecule has 0 aliphatic carbocycles. The van der Waals surface area contributed by atoms with Crippen LogP contribution in [-0.2, 0) is 20.1 Å². The molecule has 0 fully saturated rings. The third-order valence-electron chi connectivity index (χ3n) is 3.36. The van der Waals surface area contributed by atoms with Crippen LogP contribution in [-0.4, -0.2) is 25.5 Å². The van der Waals surface area contributed by atoms with Crippen LogP contribution in [0.15, 0.2) is 30.6 Å². The van der Waals surface area contributed by atoms with Gasteiger partial charge in [0.15, 0.2) is 0 Å². The molecule has 5 nitrogen and oxygen atoms in total. The number of imidazole rings is 1. The lowest BCUT2D eigenvalue weighted by Gasteiger charge is -2.06. The summed E-state index contributed by atoms with van der Waals surface area (Å²) in [5.74, 6) is 0.742. The number of rotatable bonds is 4. The SMILES string of the molecule is Cn1c(CNc2cnn(CC(F)(F)F)c2)nc2cc(Cl)ccc21. The average Bonchev–Trinajstić information content (AvgIpc) is 2.99. The quantitative estimate of drug-likeness (QED) is 0.787. The van der Waals surface area contributed by atoms with Crippen LogP contribution in [0.4, 0.5) is 18.9 Å². The normalized spacial score (nSPS) is 12.0. The van der Waals surface area contributed by atoms with E-state index < -0.39 is 12.7 Å². The molecule has 0 bridgehead atoms. The summed E-state index contributed by atoms with van der Waals surface area (Å²) in [4.78, 5) is 4.46. The molecular formula is C14H13ClF3N5. The molecule has 2 aromatic heterocycles. The zero-order chi connectivity index (χ0) is 16.6. The number of benzene rings is 1. The molecule has 0 saturated carbocycles. The molecule has 1 N–H and O–H groups in total. The Bertz CT molecular complexity index is 837. The number of nitrogens with one attached hydrogen (secondary N) is 1. The first-order chi connectivity index (χ1) is 10.8. The van der Waals surface area contributed by atoms with Crippen molar-refractivity contribution >= 4 is 28.3 Å². The number of aromatic nitrogens is 4. The molecule has 23 heavy (non-hydrogen) atoms. The summed E-state index contributed by atoms with van der Waals surface area (Å²) in [5, 5.41) is 7.30. The maximum absolute atomic E-state index is 12.3. The first-order valence-corrected chi connectivity index (χ1v) is 7.13. The van der Waals surface area contributed by atoms with Gasteiger partial charge in [0.2, 0.25) is 0 Å². The van der Waals surface area contributed by atoms with Crippen LogP contribution in [0.5, 0.6) is 0 Å². The van der Waals surface area contributed by atoms with Gasteiger partial charge in [-0.3, -0.25) is 4.68 Å². The van der Waals surface area contributed by atoms with Crippen molar-refractivity contribution in [2.75, 3.05) is 5.32 Å². The number of fused-ring (bicyclic) bond motifs is 1. The van der Waals surface area contributed by atoms with Crippen molar-refractivity contribution in [3.8, 4) is 0 Å². The molecular weight excluding hydrogens is 331 g/mol. The summed E-state index contributed by atoms with van der Waals surface area (Å²) in [7, 11) is 1.87. The van der Waals surface area contributed by atoms with Gasteiger partial charge in [0.25, 0.3) is 0 Å². The molecule has 0 aliphatic heterocycles. The smallest absolute Gasteiger partial charge is 0.375 e. The first-order valence-electron chi connectivity index (χ1n) is 6.76. The fraction of sp³-hybridized carbons (Fsp3) is 0.286. The van der Waals surface area contributed by atoms with Crippen molar-refractivity contribution in [1.82, 2.24) is 19.3 Å². The highest BCUT2D eigenvalue weighted by molar-refractivity contribution is 6.31. The van der Waals surface area contributed by atoms with E-state index >= 15 is 0 Å². The average molecular weight is 344 g/mol. The van der Waals surface area contributed by atoms with Gasteiger partial charge in [-0.15, -0.1) is 0 Å². The van der Waals surface area contributed by atoms with E-state index in [0.29, 0.717) is 17.3 Å². The van der Waals surface area contributed by atoms with Crippen LogP contribution in [0.1, 0.15) is 5.82 Å². The Balaban J connectivity index is 1.72. The predicted molar refractivity (Wildman–Crippen MR) is 81.3 cm³/mol. The Morgan fingerprint density at radius 2 is 2.09 bits per heavy atom. The van der Waals surface area contributed by atoms with Gasteiger partial charge in [-0.25, -0.2) is 4.98 Å². The standard InChI is InChI=1S/C14H13ClF3N5/c1-22-12-3-2-9(15)4-11(12)21-13(22)6-19-10-5-20-23(7-10)8-14(16,17)18/h2-5,7,19H,6,8H2,1H3. The van der Waals surface area contributed by atoms with E-state index in [4.69, 9.17) is 11.6 Å². The van der Waals surface area contributed by atoms with Crippen LogP contribution in [0.2, 0.25) is 5.02 Å². The minimum atomic E-state index is -4.29. The third-order valence-corrected chi connectivity index (χ3v) is 3.60. The maximum Gasteiger partial charge on any atom is 0.408 e. The highest BCUT2D eigenvalue weighted by Gasteiger charge is 2.28. The highest BCUT2D eigenvalue weighted by atomic mass is 35.5. The maximum atomic E-state index is 12.3. The fourth-order valence-electron chi connectivity index (χ4n) is 2.29. The molecule has 3 rings (SSSR count). The molecule has 122 valence electrons. The van der Waals surface area contributed by atoms with Gasteiger partial charge >= 0.3 is 6.18 Å². The van der Waals surface area contributed by atoms with E-state index in [1.54, 1.807) is 12.1 Å². The molecule has 0 unspecified atom stereocenters. The molecule has 0 aliphatic rings. The van der Waals surface area contributed by atoms with Crippen molar-refractivity contribution in [3.05, 3.63) is 41.4 Å². The topological polar surface area (TPSA) is 47.7 Å². The molecule has 0 atom stereocenters. The molecule has 2 heterocycles. The summed E-state index contributed by atoms with van der Waals surface area (Å²) in [6.07, 6.45) is -1.63. The molecule has 1 aromatic carbocycles. The molecule has 0 spiro atoms. The second kappa shape index (κ2) is 5.77. The lowest BCUT2D eigenvalue weighted by atomic mass is 10.3. The van der Waals surface area contributed by atoms with Crippen LogP contribution < -0.4 is 5.32 Å². The fourth-order valence-corrected chi connectivity index (χ4v) is 2.45. The largest absolute Gasteiger partial charge is 0.408 e. The summed E-state index contributed by atoms with van der Waals surface area (Å²) in [6, 6.07) is 5.42. The predicted octanol–water partition coefficient (Wildman–Crippen LogP) is 3.60. The Morgan fingerprint density at radius 1 is 1.30 bits per heavy atom. The van der Waals surface area contributed by atoms with Crippen LogP contribution >= 0.6 is 11.6 Å². The Kier molecular flexibility index (Phi) is 3.93. The van der Waals surface area contributed by atoms with Crippen molar-refractivity contribution in [2.24, 2.45) is 7.05 Å². The van der Waals surface area contributed by atoms with Crippen LogP contribution in [0.25, 0.3) is 11.0 Å². The Morgan fingerprint density at radius 3 is 2.83 bits per heavy atom. The van der Waals surface area contributed by atoms with Crippen LogP contribution in [0.3, 0.4) is 0 Å². The number of hydrogen-bond donors (Lipinski definition) is 1. The van der Waals surface area contributed by atoms with E-state index in [-0.39, 0.29) is 0 Å². The van der Waals surface area contributed by atoms with Crippen LogP contribution in [0, 0.1) is 0 Å². The van der Waals surface area contributed by atoms with E-state index in [1.165, 1.54) is 12.4 Å². The van der Waals surface area contributed by atoms with Crippen molar-refractivity contribution < 1.29 is 13.2 Å². The lowest BCUT2D eigenvalue weighted by molar-refractivity contribution is -0.142. The molecule has 0 amide bonds. The zero-order valence-corrected chi connectivity index (χ0v) is 12.9. The number of aryl methyl sites for hydroxylation is 1. The monoisotopic (exact) mass is 343 g/mol. The van der Waals surface area contributed by atoms with Gasteiger partial charge < -0.3 is 9.88 Å². The van der Waals surface area contributed by atoms with E-state index in [0.717, 1.165) is 21.5 Å². The van der Waals surface area contributed by atoms with Gasteiger partial charge in [-0.2, -0.15) is 18.3 Å². The van der Waals surface area contributed by atoms with Crippen molar-refractivity contribution in [2.45, 2.75) is 19.3 Å². The minimum Gasteiger partial charge on any atom is -0.375 e. The van der Waals surface area contributed by atoms with Gasteiger partial charge in [0.1, 0.15) is 12.4 Å². The van der Waals surface area contributed by atoms with Gasteiger partial charge in [0, 0.05) is 18.3 Å². The first kappa shape index (κ1) is 15.7. The van der Waals surface area contributed by atoms with Gasteiger partial charge in [0.05, 0.1) is 29.5 Å².